The molecule has 3 atom stereocenters. The minimum atomic E-state index is -0.487. The number of Topliss-reactive ketones (excluding diaryl/α,β-unsaturated/α-hetero) is 1. The molecule has 0 aromatic rings. The van der Waals surface area contributed by atoms with Crippen molar-refractivity contribution < 1.29 is 14.6 Å². The zero-order valence-electron chi connectivity index (χ0n) is 22.8. The van der Waals surface area contributed by atoms with E-state index < -0.39 is 6.10 Å². The summed E-state index contributed by atoms with van der Waals surface area (Å²) in [4.78, 5) is 12.8. The fraction of sp³-hybridized carbons (Fsp3) is 0.968. The van der Waals surface area contributed by atoms with Crippen LogP contribution in [0.5, 0.6) is 0 Å². The minimum absolute atomic E-state index is 0.126. The fourth-order valence-electron chi connectivity index (χ4n) is 6.18. The number of rotatable bonds is 20. The summed E-state index contributed by atoms with van der Waals surface area (Å²) in [6.45, 7) is 3.11. The lowest BCUT2D eigenvalue weighted by Crippen LogP contribution is -2.40. The molecule has 0 heterocycles. The molecule has 0 aliphatic heterocycles. The van der Waals surface area contributed by atoms with Crippen LogP contribution in [0, 0.1) is 11.8 Å². The van der Waals surface area contributed by atoms with E-state index in [1.807, 2.05) is 0 Å². The predicted octanol–water partition coefficient (Wildman–Crippen LogP) is 8.94. The SMILES string of the molecule is CCCCCCCCCCCCCCCCCCOC1CCC(C(=O)C2CCCCC2)C(O)C1. The number of carbonyl (C=O) groups is 1. The molecule has 0 radical (unpaired) electrons. The van der Waals surface area contributed by atoms with Crippen LogP contribution in [-0.2, 0) is 9.53 Å². The van der Waals surface area contributed by atoms with Crippen LogP contribution in [0.1, 0.15) is 161 Å². The Bertz CT molecular complexity index is 485. The maximum atomic E-state index is 12.8. The van der Waals surface area contributed by atoms with Crippen LogP contribution in [-0.4, -0.2) is 29.7 Å². The highest BCUT2D eigenvalue weighted by Gasteiger charge is 2.37. The number of unbranched alkanes of at least 4 members (excludes halogenated alkanes) is 15. The molecule has 2 aliphatic carbocycles. The van der Waals surface area contributed by atoms with E-state index >= 15 is 0 Å². The maximum absolute atomic E-state index is 12.8. The second-order valence-electron chi connectivity index (χ2n) is 11.5. The number of aliphatic hydroxyl groups is 1. The van der Waals surface area contributed by atoms with Gasteiger partial charge in [-0.2, -0.15) is 0 Å². The highest BCUT2D eigenvalue weighted by atomic mass is 16.5. The molecule has 0 amide bonds. The van der Waals surface area contributed by atoms with Crippen molar-refractivity contribution >= 4 is 5.78 Å². The molecule has 200 valence electrons. The summed E-state index contributed by atoms with van der Waals surface area (Å²) >= 11 is 0. The second kappa shape index (κ2) is 19.7. The molecule has 2 fully saturated rings. The van der Waals surface area contributed by atoms with Crippen LogP contribution in [0.4, 0.5) is 0 Å². The van der Waals surface area contributed by atoms with Gasteiger partial charge in [-0.1, -0.05) is 122 Å². The molecule has 3 unspecified atom stereocenters. The van der Waals surface area contributed by atoms with Crippen molar-refractivity contribution in [2.75, 3.05) is 6.61 Å². The van der Waals surface area contributed by atoms with Crippen molar-refractivity contribution in [2.45, 2.75) is 173 Å². The molecule has 34 heavy (non-hydrogen) atoms. The Morgan fingerprint density at radius 1 is 0.676 bits per heavy atom. The van der Waals surface area contributed by atoms with Gasteiger partial charge >= 0.3 is 0 Å². The third-order valence-electron chi connectivity index (χ3n) is 8.49. The van der Waals surface area contributed by atoms with Gasteiger partial charge in [-0.05, 0) is 32.1 Å². The quantitative estimate of drug-likeness (QED) is 0.178. The van der Waals surface area contributed by atoms with Gasteiger partial charge in [-0.3, -0.25) is 4.79 Å². The number of ether oxygens (including phenoxy) is 1. The van der Waals surface area contributed by atoms with Gasteiger partial charge < -0.3 is 9.84 Å². The Balaban J connectivity index is 1.34. The summed E-state index contributed by atoms with van der Waals surface area (Å²) in [7, 11) is 0. The average Bonchev–Trinajstić information content (AvgIpc) is 2.86. The third-order valence-corrected chi connectivity index (χ3v) is 8.49. The van der Waals surface area contributed by atoms with Gasteiger partial charge in [0.2, 0.25) is 0 Å². The Hall–Kier alpha value is -0.410. The molecule has 2 aliphatic rings. The van der Waals surface area contributed by atoms with Gasteiger partial charge in [-0.25, -0.2) is 0 Å². The van der Waals surface area contributed by atoms with Crippen LogP contribution in [0.3, 0.4) is 0 Å². The lowest BCUT2D eigenvalue weighted by Gasteiger charge is -2.34. The molecule has 0 bridgehead atoms. The Morgan fingerprint density at radius 2 is 1.18 bits per heavy atom. The van der Waals surface area contributed by atoms with Gasteiger partial charge in [0.15, 0.2) is 0 Å². The molecule has 0 aromatic carbocycles. The number of ketones is 1. The van der Waals surface area contributed by atoms with E-state index in [-0.39, 0.29) is 17.9 Å². The molecule has 1 N–H and O–H groups in total. The van der Waals surface area contributed by atoms with Crippen LogP contribution >= 0.6 is 0 Å². The molecule has 2 saturated carbocycles. The summed E-state index contributed by atoms with van der Waals surface area (Å²) in [5.41, 5.74) is 0. The van der Waals surface area contributed by atoms with E-state index in [4.69, 9.17) is 4.74 Å². The zero-order chi connectivity index (χ0) is 24.3. The van der Waals surface area contributed by atoms with Crippen LogP contribution in [0.2, 0.25) is 0 Å². The van der Waals surface area contributed by atoms with Crippen molar-refractivity contribution in [1.82, 2.24) is 0 Å². The lowest BCUT2D eigenvalue weighted by atomic mass is 9.74. The normalized spacial score (nSPS) is 23.9. The summed E-state index contributed by atoms with van der Waals surface area (Å²) in [6, 6.07) is 0. The van der Waals surface area contributed by atoms with Gasteiger partial charge in [-0.15, -0.1) is 0 Å². The van der Waals surface area contributed by atoms with Gasteiger partial charge in [0.25, 0.3) is 0 Å². The number of carbonyl (C=O) groups excluding carboxylic acids is 1. The molecule has 2 rings (SSSR count). The van der Waals surface area contributed by atoms with E-state index in [0.717, 1.165) is 38.7 Å². The average molecular weight is 479 g/mol. The highest BCUT2D eigenvalue weighted by molar-refractivity contribution is 5.84. The number of hydrogen-bond acceptors (Lipinski definition) is 3. The summed E-state index contributed by atoms with van der Waals surface area (Å²) in [6.07, 6.45) is 30.0. The monoisotopic (exact) mass is 478 g/mol. The standard InChI is InChI=1S/C31H58O3/c1-2-3-4-5-6-7-8-9-10-11-12-13-14-15-16-20-25-34-28-23-24-29(30(32)26-28)31(33)27-21-18-17-19-22-27/h27-30,32H,2-26H2,1H3. The maximum Gasteiger partial charge on any atom is 0.141 e. The van der Waals surface area contributed by atoms with Crippen molar-refractivity contribution in [2.24, 2.45) is 11.8 Å². The van der Waals surface area contributed by atoms with Gasteiger partial charge in [0, 0.05) is 24.9 Å². The fourth-order valence-corrected chi connectivity index (χ4v) is 6.18. The van der Waals surface area contributed by atoms with E-state index in [9.17, 15) is 9.90 Å². The Morgan fingerprint density at radius 3 is 1.68 bits per heavy atom. The lowest BCUT2D eigenvalue weighted by molar-refractivity contribution is -0.135. The first-order valence-corrected chi connectivity index (χ1v) is 15.6. The van der Waals surface area contributed by atoms with Crippen molar-refractivity contribution in [3.63, 3.8) is 0 Å². The minimum Gasteiger partial charge on any atom is -0.392 e. The first-order valence-electron chi connectivity index (χ1n) is 15.6. The van der Waals surface area contributed by atoms with Crippen molar-refractivity contribution in [3.05, 3.63) is 0 Å². The van der Waals surface area contributed by atoms with Crippen molar-refractivity contribution in [1.29, 1.82) is 0 Å². The number of aliphatic hydroxyl groups excluding tert-OH is 1. The molecule has 0 aromatic heterocycles. The smallest absolute Gasteiger partial charge is 0.141 e. The van der Waals surface area contributed by atoms with E-state index in [1.54, 1.807) is 0 Å². The second-order valence-corrected chi connectivity index (χ2v) is 11.5. The third kappa shape index (κ3) is 13.1. The largest absolute Gasteiger partial charge is 0.392 e. The van der Waals surface area contributed by atoms with Crippen molar-refractivity contribution in [3.8, 4) is 0 Å². The predicted molar refractivity (Wildman–Crippen MR) is 144 cm³/mol. The van der Waals surface area contributed by atoms with E-state index in [0.29, 0.717) is 12.2 Å². The summed E-state index contributed by atoms with van der Waals surface area (Å²) < 4.78 is 6.07. The van der Waals surface area contributed by atoms with Crippen LogP contribution in [0.25, 0.3) is 0 Å². The Kier molecular flexibility index (Phi) is 17.3. The first kappa shape index (κ1) is 29.8. The number of hydrogen-bond donors (Lipinski definition) is 1. The molecule has 3 nitrogen and oxygen atoms in total. The van der Waals surface area contributed by atoms with Gasteiger partial charge in [0.1, 0.15) is 5.78 Å². The zero-order valence-corrected chi connectivity index (χ0v) is 22.8. The highest BCUT2D eigenvalue weighted by Crippen LogP contribution is 2.34. The molecular weight excluding hydrogens is 420 g/mol. The van der Waals surface area contributed by atoms with E-state index in [1.165, 1.54) is 116 Å². The first-order chi connectivity index (χ1) is 16.7. The molecule has 3 heteroatoms. The molecule has 0 spiro atoms. The van der Waals surface area contributed by atoms with Crippen LogP contribution < -0.4 is 0 Å². The molecule has 0 saturated heterocycles. The Labute approximate surface area is 212 Å². The summed E-state index contributed by atoms with van der Waals surface area (Å²) in [5, 5.41) is 10.6. The topological polar surface area (TPSA) is 46.5 Å². The van der Waals surface area contributed by atoms with Gasteiger partial charge in [0.05, 0.1) is 12.2 Å². The van der Waals surface area contributed by atoms with E-state index in [2.05, 4.69) is 6.92 Å². The summed E-state index contributed by atoms with van der Waals surface area (Å²) in [5.74, 6) is 0.443. The molecular formula is C31H58O3. The van der Waals surface area contributed by atoms with Crippen LogP contribution in [0.15, 0.2) is 0 Å².